The summed E-state index contributed by atoms with van der Waals surface area (Å²) >= 11 is 0. The van der Waals surface area contributed by atoms with Crippen molar-refractivity contribution in [3.05, 3.63) is 35.9 Å². The van der Waals surface area contributed by atoms with Gasteiger partial charge in [-0.1, -0.05) is 44.2 Å². The Morgan fingerprint density at radius 1 is 1.21 bits per heavy atom. The normalized spacial score (nSPS) is 11.9. The van der Waals surface area contributed by atoms with E-state index in [2.05, 4.69) is 10.6 Å². The number of hydrogen-bond acceptors (Lipinski definition) is 3. The first-order valence-corrected chi connectivity index (χ1v) is 6.28. The van der Waals surface area contributed by atoms with Crippen molar-refractivity contribution in [2.24, 2.45) is 5.92 Å². The lowest BCUT2D eigenvalue weighted by atomic mass is 10.1. The molecule has 0 radical (unpaired) electrons. The maximum Gasteiger partial charge on any atom is 0.315 e. The molecule has 5 nitrogen and oxygen atoms in total. The standard InChI is InChI=1S/C14H20N2O3/c1-10(2)9-15-14(19)16-12(13(17)18)8-11-6-4-3-5-7-11/h3-7,10,12H,8-9H2,1-2H3,(H,17,18)(H2,15,16,19)/p-1/t12-/m0/s1. The summed E-state index contributed by atoms with van der Waals surface area (Å²) in [6, 6.07) is 7.59. The van der Waals surface area contributed by atoms with Gasteiger partial charge >= 0.3 is 6.03 Å². The molecule has 0 heterocycles. The fourth-order valence-corrected chi connectivity index (χ4v) is 1.55. The second-order valence-electron chi connectivity index (χ2n) is 4.81. The molecule has 1 atom stereocenters. The van der Waals surface area contributed by atoms with Gasteiger partial charge in [0, 0.05) is 6.54 Å². The Kier molecular flexibility index (Phi) is 5.85. The molecule has 0 saturated carbocycles. The SMILES string of the molecule is CC(C)CNC(=O)N[C@@H](Cc1ccccc1)C(=O)[O-]. The number of carbonyl (C=O) groups is 2. The maximum atomic E-state index is 11.5. The molecule has 0 aliphatic heterocycles. The number of nitrogens with one attached hydrogen (secondary N) is 2. The fraction of sp³-hybridized carbons (Fsp3) is 0.429. The molecule has 0 aliphatic rings. The van der Waals surface area contributed by atoms with Crippen LogP contribution in [0.3, 0.4) is 0 Å². The Morgan fingerprint density at radius 2 is 1.84 bits per heavy atom. The smallest absolute Gasteiger partial charge is 0.315 e. The van der Waals surface area contributed by atoms with Gasteiger partial charge in [0.15, 0.2) is 0 Å². The van der Waals surface area contributed by atoms with Gasteiger partial charge in [-0.3, -0.25) is 0 Å². The third kappa shape index (κ3) is 5.90. The van der Waals surface area contributed by atoms with Crippen LogP contribution in [0, 0.1) is 5.92 Å². The highest BCUT2D eigenvalue weighted by Crippen LogP contribution is 2.02. The average Bonchev–Trinajstić information content (AvgIpc) is 2.36. The Morgan fingerprint density at radius 3 is 2.37 bits per heavy atom. The van der Waals surface area contributed by atoms with Gasteiger partial charge in [-0.2, -0.15) is 0 Å². The largest absolute Gasteiger partial charge is 0.548 e. The van der Waals surface area contributed by atoms with Gasteiger partial charge in [-0.25, -0.2) is 4.79 Å². The predicted molar refractivity (Wildman–Crippen MR) is 70.3 cm³/mol. The van der Waals surface area contributed by atoms with Crippen LogP contribution in [0.1, 0.15) is 19.4 Å². The second kappa shape index (κ2) is 7.41. The molecule has 0 spiro atoms. The molecule has 2 N–H and O–H groups in total. The molecule has 1 rings (SSSR count). The number of carboxylic acid groups (broad SMARTS) is 1. The van der Waals surface area contributed by atoms with E-state index < -0.39 is 18.0 Å². The number of carboxylic acids is 1. The molecule has 1 aromatic rings. The van der Waals surface area contributed by atoms with Crippen molar-refractivity contribution in [3.63, 3.8) is 0 Å². The van der Waals surface area contributed by atoms with Gasteiger partial charge in [0.05, 0.1) is 12.0 Å². The number of rotatable bonds is 6. The van der Waals surface area contributed by atoms with Gasteiger partial charge in [-0.15, -0.1) is 0 Å². The Bertz CT molecular complexity index is 418. The number of benzene rings is 1. The van der Waals surface area contributed by atoms with Crippen LogP contribution in [0.15, 0.2) is 30.3 Å². The van der Waals surface area contributed by atoms with Crippen LogP contribution in [0.25, 0.3) is 0 Å². The highest BCUT2D eigenvalue weighted by molar-refractivity contribution is 5.81. The van der Waals surface area contributed by atoms with E-state index in [-0.39, 0.29) is 6.42 Å². The highest BCUT2D eigenvalue weighted by Gasteiger charge is 2.14. The minimum Gasteiger partial charge on any atom is -0.548 e. The molecular weight excluding hydrogens is 244 g/mol. The molecule has 104 valence electrons. The molecule has 19 heavy (non-hydrogen) atoms. The van der Waals surface area contributed by atoms with Crippen molar-refractivity contribution in [2.45, 2.75) is 26.3 Å². The average molecular weight is 263 g/mol. The lowest BCUT2D eigenvalue weighted by molar-refractivity contribution is -0.308. The first-order chi connectivity index (χ1) is 8.99. The number of hydrogen-bond donors (Lipinski definition) is 2. The van der Waals surface area contributed by atoms with E-state index in [0.29, 0.717) is 12.5 Å². The molecule has 1 aromatic carbocycles. The fourth-order valence-electron chi connectivity index (χ4n) is 1.55. The third-order valence-electron chi connectivity index (χ3n) is 2.54. The van der Waals surface area contributed by atoms with Crippen LogP contribution in [0.4, 0.5) is 4.79 Å². The minimum atomic E-state index is -1.29. The molecule has 0 fully saturated rings. The summed E-state index contributed by atoms with van der Waals surface area (Å²) in [5.74, 6) is -0.982. The lowest BCUT2D eigenvalue weighted by Crippen LogP contribution is -2.52. The van der Waals surface area contributed by atoms with Crippen molar-refractivity contribution in [2.75, 3.05) is 6.54 Å². The topological polar surface area (TPSA) is 81.3 Å². The zero-order valence-corrected chi connectivity index (χ0v) is 11.2. The van der Waals surface area contributed by atoms with Crippen molar-refractivity contribution in [1.82, 2.24) is 10.6 Å². The summed E-state index contributed by atoms with van der Waals surface area (Å²) in [5.41, 5.74) is 0.834. The van der Waals surface area contributed by atoms with Crippen LogP contribution in [0.2, 0.25) is 0 Å². The summed E-state index contributed by atoms with van der Waals surface area (Å²) in [6.45, 7) is 4.41. The predicted octanol–water partition coefficient (Wildman–Crippen LogP) is 0.303. The van der Waals surface area contributed by atoms with Crippen LogP contribution >= 0.6 is 0 Å². The van der Waals surface area contributed by atoms with E-state index in [1.807, 2.05) is 44.2 Å². The van der Waals surface area contributed by atoms with Gasteiger partial charge < -0.3 is 20.5 Å². The summed E-state index contributed by atoms with van der Waals surface area (Å²) in [6.07, 6.45) is 0.207. The first kappa shape index (κ1) is 15.0. The molecule has 0 aliphatic carbocycles. The lowest BCUT2D eigenvalue weighted by Gasteiger charge is -2.20. The quantitative estimate of drug-likeness (QED) is 0.774. The van der Waals surface area contributed by atoms with Crippen molar-refractivity contribution >= 4 is 12.0 Å². The van der Waals surface area contributed by atoms with Crippen LogP contribution in [-0.4, -0.2) is 24.6 Å². The van der Waals surface area contributed by atoms with Gasteiger partial charge in [0.2, 0.25) is 0 Å². The maximum absolute atomic E-state index is 11.5. The van der Waals surface area contributed by atoms with Crippen LogP contribution < -0.4 is 15.7 Å². The van der Waals surface area contributed by atoms with E-state index in [1.165, 1.54) is 0 Å². The Labute approximate surface area is 113 Å². The minimum absolute atomic E-state index is 0.207. The summed E-state index contributed by atoms with van der Waals surface area (Å²) in [5, 5.41) is 16.0. The first-order valence-electron chi connectivity index (χ1n) is 6.28. The number of carbonyl (C=O) groups excluding carboxylic acids is 2. The van der Waals surface area contributed by atoms with E-state index in [4.69, 9.17) is 0 Å². The summed E-state index contributed by atoms with van der Waals surface area (Å²) < 4.78 is 0. The van der Waals surface area contributed by atoms with Crippen molar-refractivity contribution < 1.29 is 14.7 Å². The Hall–Kier alpha value is -2.04. The van der Waals surface area contributed by atoms with Gasteiger partial charge in [0.1, 0.15) is 0 Å². The van der Waals surface area contributed by atoms with E-state index in [0.717, 1.165) is 5.56 Å². The molecule has 0 bridgehead atoms. The van der Waals surface area contributed by atoms with Crippen molar-refractivity contribution in [3.8, 4) is 0 Å². The molecule has 0 saturated heterocycles. The molecule has 5 heteroatoms. The van der Waals surface area contributed by atoms with E-state index in [1.54, 1.807) is 0 Å². The molecule has 0 unspecified atom stereocenters. The molecule has 0 aromatic heterocycles. The molecule has 2 amide bonds. The monoisotopic (exact) mass is 263 g/mol. The third-order valence-corrected chi connectivity index (χ3v) is 2.54. The summed E-state index contributed by atoms with van der Waals surface area (Å²) in [4.78, 5) is 22.6. The zero-order valence-electron chi connectivity index (χ0n) is 11.2. The number of amides is 2. The zero-order chi connectivity index (χ0) is 14.3. The number of urea groups is 1. The van der Waals surface area contributed by atoms with Crippen LogP contribution in [-0.2, 0) is 11.2 Å². The Balaban J connectivity index is 2.54. The van der Waals surface area contributed by atoms with Gasteiger partial charge in [0.25, 0.3) is 0 Å². The van der Waals surface area contributed by atoms with E-state index in [9.17, 15) is 14.7 Å². The second-order valence-corrected chi connectivity index (χ2v) is 4.81. The van der Waals surface area contributed by atoms with Crippen LogP contribution in [0.5, 0.6) is 0 Å². The van der Waals surface area contributed by atoms with E-state index >= 15 is 0 Å². The highest BCUT2D eigenvalue weighted by atomic mass is 16.4. The van der Waals surface area contributed by atoms with Gasteiger partial charge in [-0.05, 0) is 17.9 Å². The number of aliphatic carboxylic acids is 1. The summed E-state index contributed by atoms with van der Waals surface area (Å²) in [7, 11) is 0. The molecular formula is C14H19N2O3-. The van der Waals surface area contributed by atoms with Crippen molar-refractivity contribution in [1.29, 1.82) is 0 Å².